The zero-order valence-corrected chi connectivity index (χ0v) is 20.6. The topological polar surface area (TPSA) is 70.6 Å². The fraction of sp³-hybridized carbons (Fsp3) is 0.121. The van der Waals surface area contributed by atoms with Crippen molar-refractivity contribution in [3.8, 4) is 5.75 Å². The van der Waals surface area contributed by atoms with Crippen molar-refractivity contribution in [1.29, 1.82) is 0 Å². The Morgan fingerprint density at radius 3 is 2.24 bits per heavy atom. The van der Waals surface area contributed by atoms with Crippen LogP contribution in [0.3, 0.4) is 0 Å². The molecular weight excluding hydrogens is 454 g/mol. The van der Waals surface area contributed by atoms with E-state index in [1.54, 1.807) is 0 Å². The summed E-state index contributed by atoms with van der Waals surface area (Å²) in [5.41, 5.74) is 14.7. The van der Waals surface area contributed by atoms with E-state index >= 15 is 0 Å². The first-order valence-electron chi connectivity index (χ1n) is 12.7. The van der Waals surface area contributed by atoms with E-state index in [2.05, 4.69) is 59.9 Å². The molecular formula is C33H29N3O. The number of anilines is 1. The number of rotatable bonds is 6. The summed E-state index contributed by atoms with van der Waals surface area (Å²) in [4.78, 5) is 4.73. The lowest BCUT2D eigenvalue weighted by atomic mass is 9.93. The summed E-state index contributed by atoms with van der Waals surface area (Å²) >= 11 is 0. The molecule has 4 N–H and O–H groups in total. The van der Waals surface area contributed by atoms with Gasteiger partial charge in [0.1, 0.15) is 5.75 Å². The highest BCUT2D eigenvalue weighted by Crippen LogP contribution is 2.37. The summed E-state index contributed by atoms with van der Waals surface area (Å²) in [6, 6.07) is 35.1. The van der Waals surface area contributed by atoms with Crippen LogP contribution in [0.15, 0.2) is 108 Å². The van der Waals surface area contributed by atoms with Crippen LogP contribution < -0.4 is 11.1 Å². The van der Waals surface area contributed by atoms with Gasteiger partial charge in [-0.2, -0.15) is 0 Å². The molecule has 182 valence electrons. The molecule has 0 unspecified atom stereocenters. The molecule has 5 aromatic carbocycles. The van der Waals surface area contributed by atoms with E-state index in [-0.39, 0.29) is 11.7 Å². The Morgan fingerprint density at radius 2 is 1.49 bits per heavy atom. The monoisotopic (exact) mass is 483 g/mol. The number of phenolic OH excluding ortho intramolecular Hbond substituents is 1. The molecule has 0 radical (unpaired) electrons. The number of hydrogen-bond acceptors (Lipinski definition) is 2. The molecule has 0 heterocycles. The molecule has 0 spiro atoms. The largest absolute Gasteiger partial charge is 0.505 e. The minimum absolute atomic E-state index is 0.209. The summed E-state index contributed by atoms with van der Waals surface area (Å²) < 4.78 is 0. The first-order chi connectivity index (χ1) is 18.2. The molecule has 0 amide bonds. The van der Waals surface area contributed by atoms with E-state index in [1.165, 1.54) is 27.5 Å². The SMILES string of the molecule is NC(=Nc1ccc2cccc3c2c1CC3)Nc1ccc(Cc2ccccc2)c(Cc2ccccc2)c1O. The number of nitrogens with two attached hydrogens (primary N) is 1. The van der Waals surface area contributed by atoms with Crippen LogP contribution in [0.1, 0.15) is 33.4 Å². The van der Waals surface area contributed by atoms with Crippen LogP contribution in [-0.4, -0.2) is 11.1 Å². The maximum absolute atomic E-state index is 11.4. The van der Waals surface area contributed by atoms with E-state index in [1.807, 2.05) is 48.5 Å². The summed E-state index contributed by atoms with van der Waals surface area (Å²) in [5, 5.41) is 17.1. The normalized spacial score (nSPS) is 12.7. The predicted octanol–water partition coefficient (Wildman–Crippen LogP) is 6.88. The van der Waals surface area contributed by atoms with E-state index < -0.39 is 0 Å². The Hall–Kier alpha value is -4.57. The Bertz CT molecular complexity index is 1610. The van der Waals surface area contributed by atoms with Crippen molar-refractivity contribution >= 4 is 28.1 Å². The molecule has 5 aromatic rings. The highest BCUT2D eigenvalue weighted by molar-refractivity contribution is 5.99. The molecule has 37 heavy (non-hydrogen) atoms. The minimum Gasteiger partial charge on any atom is -0.505 e. The second kappa shape index (κ2) is 9.82. The van der Waals surface area contributed by atoms with Gasteiger partial charge in [-0.15, -0.1) is 0 Å². The average Bonchev–Trinajstić information content (AvgIpc) is 3.37. The summed E-state index contributed by atoms with van der Waals surface area (Å²) in [6.07, 6.45) is 3.35. The van der Waals surface area contributed by atoms with Gasteiger partial charge < -0.3 is 16.2 Å². The Balaban J connectivity index is 1.33. The van der Waals surface area contributed by atoms with Crippen molar-refractivity contribution in [3.05, 3.63) is 137 Å². The average molecular weight is 484 g/mol. The Morgan fingerprint density at radius 1 is 0.757 bits per heavy atom. The number of aryl methyl sites for hydroxylation is 2. The maximum Gasteiger partial charge on any atom is 0.198 e. The molecule has 6 rings (SSSR count). The van der Waals surface area contributed by atoms with Crippen LogP contribution in [0.25, 0.3) is 10.8 Å². The van der Waals surface area contributed by atoms with Crippen molar-refractivity contribution in [2.75, 3.05) is 5.32 Å². The quantitative estimate of drug-likeness (QED) is 0.140. The number of guanidine groups is 1. The van der Waals surface area contributed by atoms with Crippen LogP contribution in [0.4, 0.5) is 11.4 Å². The predicted molar refractivity (Wildman–Crippen MR) is 153 cm³/mol. The van der Waals surface area contributed by atoms with E-state index in [4.69, 9.17) is 10.7 Å². The lowest BCUT2D eigenvalue weighted by Crippen LogP contribution is -2.22. The third-order valence-corrected chi connectivity index (χ3v) is 7.20. The Labute approximate surface area is 217 Å². The first kappa shape index (κ1) is 22.9. The van der Waals surface area contributed by atoms with Crippen molar-refractivity contribution in [2.45, 2.75) is 25.7 Å². The lowest BCUT2D eigenvalue weighted by Gasteiger charge is -2.17. The van der Waals surface area contributed by atoms with Gasteiger partial charge in [0.15, 0.2) is 5.96 Å². The number of nitrogens with one attached hydrogen (secondary N) is 1. The van der Waals surface area contributed by atoms with Crippen molar-refractivity contribution in [2.24, 2.45) is 10.7 Å². The summed E-state index contributed by atoms with van der Waals surface area (Å²) in [7, 11) is 0. The molecule has 4 nitrogen and oxygen atoms in total. The number of nitrogens with zero attached hydrogens (tertiary/aromatic N) is 1. The van der Waals surface area contributed by atoms with Gasteiger partial charge >= 0.3 is 0 Å². The smallest absolute Gasteiger partial charge is 0.198 e. The fourth-order valence-corrected chi connectivity index (χ4v) is 5.40. The van der Waals surface area contributed by atoms with Gasteiger partial charge in [0.05, 0.1) is 11.4 Å². The molecule has 0 saturated heterocycles. The van der Waals surface area contributed by atoms with Gasteiger partial charge in [-0.25, -0.2) is 4.99 Å². The second-order valence-corrected chi connectivity index (χ2v) is 9.62. The number of benzene rings is 5. The second-order valence-electron chi connectivity index (χ2n) is 9.62. The molecule has 4 heteroatoms. The molecule has 0 saturated carbocycles. The van der Waals surface area contributed by atoms with Crippen LogP contribution >= 0.6 is 0 Å². The molecule has 1 aliphatic rings. The highest BCUT2D eigenvalue weighted by atomic mass is 16.3. The van der Waals surface area contributed by atoms with Gasteiger partial charge in [0.2, 0.25) is 0 Å². The molecule has 0 aromatic heterocycles. The third-order valence-electron chi connectivity index (χ3n) is 7.20. The molecule has 0 fully saturated rings. The molecule has 0 bridgehead atoms. The van der Waals surface area contributed by atoms with Gasteiger partial charge in [0.25, 0.3) is 0 Å². The standard InChI is InChI=1S/C33H29N3O/c34-33(35-29-18-15-25-13-7-12-24-14-17-27(29)31(24)25)36-30-19-16-26(20-22-8-3-1-4-9-22)28(32(30)37)21-23-10-5-2-6-11-23/h1-13,15-16,18-19,37H,14,17,20-21H2,(H3,34,35,36). The van der Waals surface area contributed by atoms with Crippen molar-refractivity contribution in [3.63, 3.8) is 0 Å². The summed E-state index contributed by atoms with van der Waals surface area (Å²) in [5.74, 6) is 0.470. The zero-order chi connectivity index (χ0) is 25.2. The van der Waals surface area contributed by atoms with Crippen LogP contribution in [0.5, 0.6) is 5.75 Å². The van der Waals surface area contributed by atoms with Crippen molar-refractivity contribution < 1.29 is 5.11 Å². The molecule has 1 aliphatic carbocycles. The van der Waals surface area contributed by atoms with E-state index in [9.17, 15) is 5.11 Å². The number of phenols is 1. The number of aromatic hydroxyl groups is 1. The number of hydrogen-bond donors (Lipinski definition) is 3. The van der Waals surface area contributed by atoms with Gasteiger partial charge in [-0.1, -0.05) is 91.0 Å². The number of aliphatic imine (C=N–C) groups is 1. The minimum atomic E-state index is 0.209. The Kier molecular flexibility index (Phi) is 6.07. The zero-order valence-electron chi connectivity index (χ0n) is 20.6. The third kappa shape index (κ3) is 4.66. The van der Waals surface area contributed by atoms with Crippen LogP contribution in [0.2, 0.25) is 0 Å². The maximum atomic E-state index is 11.4. The van der Waals surface area contributed by atoms with E-state index in [0.29, 0.717) is 12.1 Å². The van der Waals surface area contributed by atoms with Crippen LogP contribution in [0, 0.1) is 0 Å². The van der Waals surface area contributed by atoms with Crippen LogP contribution in [-0.2, 0) is 25.7 Å². The molecule has 0 aliphatic heterocycles. The van der Waals surface area contributed by atoms with E-state index in [0.717, 1.165) is 41.6 Å². The first-order valence-corrected chi connectivity index (χ1v) is 12.7. The fourth-order valence-electron chi connectivity index (χ4n) is 5.40. The van der Waals surface area contributed by atoms with Crippen molar-refractivity contribution in [1.82, 2.24) is 0 Å². The van der Waals surface area contributed by atoms with Gasteiger partial charge in [-0.05, 0) is 70.0 Å². The molecule has 0 atom stereocenters. The van der Waals surface area contributed by atoms with Gasteiger partial charge in [0, 0.05) is 12.0 Å². The van der Waals surface area contributed by atoms with Gasteiger partial charge in [-0.3, -0.25) is 0 Å². The lowest BCUT2D eigenvalue weighted by molar-refractivity contribution is 0.471. The highest BCUT2D eigenvalue weighted by Gasteiger charge is 2.18. The summed E-state index contributed by atoms with van der Waals surface area (Å²) in [6.45, 7) is 0.